The molecule has 4 aromatic rings. The van der Waals surface area contributed by atoms with Gasteiger partial charge in [0.15, 0.2) is 0 Å². The largest absolute Gasteiger partial charge is 0.491 e. The fourth-order valence-corrected chi connectivity index (χ4v) is 6.88. The van der Waals surface area contributed by atoms with E-state index in [4.69, 9.17) is 24.4 Å². The summed E-state index contributed by atoms with van der Waals surface area (Å²) in [7, 11) is 0. The number of aliphatic imine (C=N–C) groups is 1. The number of nitrogens with zero attached hydrogens (tertiary/aromatic N) is 5. The summed E-state index contributed by atoms with van der Waals surface area (Å²) in [5.41, 5.74) is 4.90. The Hall–Kier alpha value is -5.19. The number of hydrogen-bond acceptors (Lipinski definition) is 9. The van der Waals surface area contributed by atoms with Crippen LogP contribution in [0.5, 0.6) is 17.2 Å². The van der Waals surface area contributed by atoms with E-state index in [2.05, 4.69) is 78.9 Å². The highest BCUT2D eigenvalue weighted by atomic mass is 16.5. The minimum atomic E-state index is -1.07. The lowest BCUT2D eigenvalue weighted by Crippen LogP contribution is -2.44. The van der Waals surface area contributed by atoms with Crippen molar-refractivity contribution in [3.8, 4) is 17.2 Å². The standard InChI is InChI=1S/C40H45N5O5/c1-5-43(6-2)30-15-19-35-37(27-30)50-38-28-31(44(7-3)8-4)16-20-36(38)40(35)34-12-10-9-11-33(34)39(47)45(40)42-22-21-41-29-13-17-32(18-14-29)49-26-25-48-24-23-46/h9-22,27-28,46H,5-8,23-26H2,1-4H3/b41-21?,42-22+. The van der Waals surface area contributed by atoms with E-state index >= 15 is 0 Å². The van der Waals surface area contributed by atoms with Gasteiger partial charge in [-0.3, -0.25) is 9.79 Å². The van der Waals surface area contributed by atoms with Gasteiger partial charge in [-0.2, -0.15) is 5.10 Å². The molecule has 10 nitrogen and oxygen atoms in total. The predicted octanol–water partition coefficient (Wildman–Crippen LogP) is 7.01. The Balaban J connectivity index is 1.40. The summed E-state index contributed by atoms with van der Waals surface area (Å²) in [5, 5.41) is 15.3. The Labute approximate surface area is 294 Å². The quantitative estimate of drug-likeness (QED) is 0.107. The fraction of sp³-hybridized carbons (Fsp3) is 0.325. The highest BCUT2D eigenvalue weighted by molar-refractivity contribution is 6.17. The molecule has 1 spiro atoms. The van der Waals surface area contributed by atoms with Crippen molar-refractivity contribution in [1.29, 1.82) is 0 Å². The zero-order chi connectivity index (χ0) is 35.1. The summed E-state index contributed by atoms with van der Waals surface area (Å²) < 4.78 is 17.7. The third kappa shape index (κ3) is 6.44. The number of ether oxygens (including phenoxy) is 3. The third-order valence-corrected chi connectivity index (χ3v) is 9.29. The third-order valence-electron chi connectivity index (χ3n) is 9.29. The molecule has 0 unspecified atom stereocenters. The minimum Gasteiger partial charge on any atom is -0.491 e. The number of anilines is 2. The molecule has 0 saturated carbocycles. The molecular formula is C40H45N5O5. The second-order valence-electron chi connectivity index (χ2n) is 11.9. The molecule has 0 fully saturated rings. The normalized spacial score (nSPS) is 14.2. The topological polar surface area (TPSA) is 99.4 Å². The lowest BCUT2D eigenvalue weighted by molar-refractivity contribution is 0.0675. The van der Waals surface area contributed by atoms with Gasteiger partial charge in [-0.15, -0.1) is 0 Å². The van der Waals surface area contributed by atoms with Crippen LogP contribution in [-0.2, 0) is 10.3 Å². The zero-order valence-electron chi connectivity index (χ0n) is 29.2. The van der Waals surface area contributed by atoms with E-state index in [1.807, 2.05) is 48.5 Å². The summed E-state index contributed by atoms with van der Waals surface area (Å²) in [6, 6.07) is 27.7. The van der Waals surface area contributed by atoms with Crippen LogP contribution in [0.2, 0.25) is 0 Å². The molecule has 260 valence electrons. The summed E-state index contributed by atoms with van der Waals surface area (Å²) >= 11 is 0. The van der Waals surface area contributed by atoms with Crippen molar-refractivity contribution >= 4 is 35.4 Å². The summed E-state index contributed by atoms with van der Waals surface area (Å²) in [6.07, 6.45) is 3.16. The predicted molar refractivity (Wildman–Crippen MR) is 199 cm³/mol. The van der Waals surface area contributed by atoms with Crippen molar-refractivity contribution in [2.75, 3.05) is 62.4 Å². The first-order chi connectivity index (χ1) is 24.5. The first-order valence-corrected chi connectivity index (χ1v) is 17.4. The van der Waals surface area contributed by atoms with Crippen molar-refractivity contribution in [3.05, 3.63) is 107 Å². The minimum absolute atomic E-state index is 0.0135. The van der Waals surface area contributed by atoms with E-state index < -0.39 is 5.54 Å². The van der Waals surface area contributed by atoms with Gasteiger partial charge in [0.05, 0.1) is 31.7 Å². The number of aliphatic hydroxyl groups is 1. The number of amides is 1. The van der Waals surface area contributed by atoms with Crippen LogP contribution in [-0.4, -0.2) is 81.1 Å². The maximum atomic E-state index is 14.3. The van der Waals surface area contributed by atoms with Crippen LogP contribution in [0.4, 0.5) is 17.1 Å². The zero-order valence-corrected chi connectivity index (χ0v) is 29.2. The monoisotopic (exact) mass is 675 g/mol. The first-order valence-electron chi connectivity index (χ1n) is 17.4. The second kappa shape index (κ2) is 15.6. The average Bonchev–Trinajstić information content (AvgIpc) is 3.39. The first kappa shape index (κ1) is 34.7. The van der Waals surface area contributed by atoms with E-state index in [1.54, 1.807) is 17.4 Å². The molecule has 6 rings (SSSR count). The summed E-state index contributed by atoms with van der Waals surface area (Å²) in [6.45, 7) is 13.0. The lowest BCUT2D eigenvalue weighted by Gasteiger charge is -2.42. The molecule has 2 aliphatic rings. The van der Waals surface area contributed by atoms with Gasteiger partial charge in [0.2, 0.25) is 0 Å². The number of fused-ring (bicyclic) bond motifs is 6. The van der Waals surface area contributed by atoms with E-state index in [-0.39, 0.29) is 19.1 Å². The van der Waals surface area contributed by atoms with Crippen LogP contribution in [0.25, 0.3) is 0 Å². The Bertz CT molecular complexity index is 1790. The maximum Gasteiger partial charge on any atom is 0.275 e. The Morgan fingerprint density at radius 3 is 1.98 bits per heavy atom. The van der Waals surface area contributed by atoms with Crippen molar-refractivity contribution in [1.82, 2.24) is 5.01 Å². The van der Waals surface area contributed by atoms with Gasteiger partial charge >= 0.3 is 0 Å². The molecule has 50 heavy (non-hydrogen) atoms. The van der Waals surface area contributed by atoms with E-state index in [0.29, 0.717) is 41.7 Å². The van der Waals surface area contributed by atoms with Gasteiger partial charge in [0.25, 0.3) is 5.91 Å². The molecule has 0 aliphatic carbocycles. The molecule has 0 saturated heterocycles. The number of carbonyl (C=O) groups excluding carboxylic acids is 1. The van der Waals surface area contributed by atoms with Crippen LogP contribution in [0.1, 0.15) is 54.7 Å². The highest BCUT2D eigenvalue weighted by Crippen LogP contribution is 2.58. The summed E-state index contributed by atoms with van der Waals surface area (Å²) in [4.78, 5) is 23.5. The smallest absolute Gasteiger partial charge is 0.275 e. The van der Waals surface area contributed by atoms with Gasteiger partial charge in [0.1, 0.15) is 29.4 Å². The van der Waals surface area contributed by atoms with Crippen LogP contribution in [0, 0.1) is 0 Å². The average molecular weight is 676 g/mol. The number of rotatable bonds is 15. The van der Waals surface area contributed by atoms with E-state index in [0.717, 1.165) is 54.2 Å². The van der Waals surface area contributed by atoms with Gasteiger partial charge < -0.3 is 29.1 Å². The molecule has 2 heterocycles. The highest BCUT2D eigenvalue weighted by Gasteiger charge is 2.57. The van der Waals surface area contributed by atoms with Crippen molar-refractivity contribution < 1.29 is 24.1 Å². The molecule has 10 heteroatoms. The van der Waals surface area contributed by atoms with Gasteiger partial charge in [0, 0.05) is 78.2 Å². The number of hydrogen-bond donors (Lipinski definition) is 1. The molecular weight excluding hydrogens is 630 g/mol. The van der Waals surface area contributed by atoms with Crippen molar-refractivity contribution in [2.24, 2.45) is 10.1 Å². The number of benzene rings is 4. The fourth-order valence-electron chi connectivity index (χ4n) is 6.88. The number of aliphatic hydroxyl groups excluding tert-OH is 1. The van der Waals surface area contributed by atoms with E-state index in [9.17, 15) is 4.79 Å². The molecule has 2 aliphatic heterocycles. The number of hydrazone groups is 1. The Morgan fingerprint density at radius 2 is 1.38 bits per heavy atom. The Kier molecular flexibility index (Phi) is 10.8. The van der Waals surface area contributed by atoms with Gasteiger partial charge in [-0.25, -0.2) is 5.01 Å². The number of carbonyl (C=O) groups is 1. The Morgan fingerprint density at radius 1 is 0.760 bits per heavy atom. The molecule has 1 amide bonds. The van der Waals surface area contributed by atoms with Crippen LogP contribution in [0.3, 0.4) is 0 Å². The van der Waals surface area contributed by atoms with E-state index in [1.165, 1.54) is 0 Å². The molecule has 1 N–H and O–H groups in total. The second-order valence-corrected chi connectivity index (χ2v) is 11.9. The van der Waals surface area contributed by atoms with Gasteiger partial charge in [-0.05, 0) is 70.2 Å². The lowest BCUT2D eigenvalue weighted by atomic mass is 9.75. The SMILES string of the molecule is CCN(CC)c1ccc2c(c1)Oc1cc(N(CC)CC)ccc1C21c2ccccc2C(=O)N1/N=C/C=Nc1ccc(OCCOCCO)cc1. The molecule has 0 aromatic heterocycles. The maximum absolute atomic E-state index is 14.3. The van der Waals surface area contributed by atoms with Crippen LogP contribution < -0.4 is 19.3 Å². The van der Waals surface area contributed by atoms with Crippen LogP contribution in [0.15, 0.2) is 95.0 Å². The van der Waals surface area contributed by atoms with Crippen molar-refractivity contribution in [2.45, 2.75) is 33.2 Å². The summed E-state index contributed by atoms with van der Waals surface area (Å²) in [5.74, 6) is 1.88. The molecule has 0 radical (unpaired) electrons. The van der Waals surface area contributed by atoms with Crippen LogP contribution >= 0.6 is 0 Å². The van der Waals surface area contributed by atoms with Gasteiger partial charge in [-0.1, -0.05) is 30.3 Å². The van der Waals surface area contributed by atoms with Crippen molar-refractivity contribution in [3.63, 3.8) is 0 Å². The molecule has 0 bridgehead atoms. The molecule has 0 atom stereocenters. The molecule has 4 aromatic carbocycles.